The maximum absolute atomic E-state index is 10.9. The van der Waals surface area contributed by atoms with E-state index in [1.54, 1.807) is 30.0 Å². The monoisotopic (exact) mass is 262 g/mol. The standard InChI is InChI=1S/C13H14N2O2S/c1-13(2,3)18-11-9-5-4-8(12(16)17)6-10(9)14-7-15-11/h4-7H,1-3H3,(H,16,17). The first-order chi connectivity index (χ1) is 8.37. The highest BCUT2D eigenvalue weighted by molar-refractivity contribution is 8.00. The quantitative estimate of drug-likeness (QED) is 0.665. The second-order valence-electron chi connectivity index (χ2n) is 4.93. The van der Waals surface area contributed by atoms with Gasteiger partial charge in [-0.05, 0) is 18.2 Å². The molecule has 18 heavy (non-hydrogen) atoms. The highest BCUT2D eigenvalue weighted by atomic mass is 32.2. The highest BCUT2D eigenvalue weighted by Crippen LogP contribution is 2.34. The van der Waals surface area contributed by atoms with E-state index in [4.69, 9.17) is 5.11 Å². The van der Waals surface area contributed by atoms with Crippen LogP contribution in [0.25, 0.3) is 10.9 Å². The van der Waals surface area contributed by atoms with Gasteiger partial charge in [-0.15, -0.1) is 0 Å². The van der Waals surface area contributed by atoms with E-state index in [1.165, 1.54) is 6.33 Å². The molecule has 0 amide bonds. The third-order valence-electron chi connectivity index (χ3n) is 2.25. The fraction of sp³-hybridized carbons (Fsp3) is 0.308. The third-order valence-corrected chi connectivity index (χ3v) is 3.38. The van der Waals surface area contributed by atoms with Gasteiger partial charge in [-0.3, -0.25) is 0 Å². The van der Waals surface area contributed by atoms with Gasteiger partial charge in [0.05, 0.1) is 11.1 Å². The van der Waals surface area contributed by atoms with Crippen molar-refractivity contribution in [2.45, 2.75) is 30.5 Å². The summed E-state index contributed by atoms with van der Waals surface area (Å²) in [4.78, 5) is 19.3. The van der Waals surface area contributed by atoms with Crippen molar-refractivity contribution in [3.63, 3.8) is 0 Å². The Morgan fingerprint density at radius 2 is 2.00 bits per heavy atom. The molecule has 0 radical (unpaired) electrons. The number of nitrogens with zero attached hydrogens (tertiary/aromatic N) is 2. The van der Waals surface area contributed by atoms with E-state index in [9.17, 15) is 4.79 Å². The number of hydrogen-bond acceptors (Lipinski definition) is 4. The van der Waals surface area contributed by atoms with Crippen LogP contribution in [-0.2, 0) is 0 Å². The van der Waals surface area contributed by atoms with Crippen LogP contribution < -0.4 is 0 Å². The third kappa shape index (κ3) is 2.79. The van der Waals surface area contributed by atoms with Gasteiger partial charge in [-0.25, -0.2) is 14.8 Å². The van der Waals surface area contributed by atoms with E-state index in [0.717, 1.165) is 10.4 Å². The molecule has 0 aliphatic carbocycles. The first kappa shape index (κ1) is 12.8. The molecule has 1 aromatic heterocycles. The summed E-state index contributed by atoms with van der Waals surface area (Å²) in [7, 11) is 0. The minimum absolute atomic E-state index is 0.0484. The molecule has 1 aromatic carbocycles. The van der Waals surface area contributed by atoms with Crippen molar-refractivity contribution in [2.24, 2.45) is 0 Å². The summed E-state index contributed by atoms with van der Waals surface area (Å²) in [6.07, 6.45) is 1.47. The maximum atomic E-state index is 10.9. The van der Waals surface area contributed by atoms with E-state index in [-0.39, 0.29) is 10.3 Å². The van der Waals surface area contributed by atoms with Crippen LogP contribution >= 0.6 is 11.8 Å². The highest BCUT2D eigenvalue weighted by Gasteiger charge is 2.16. The zero-order chi connectivity index (χ0) is 13.3. The topological polar surface area (TPSA) is 63.1 Å². The number of fused-ring (bicyclic) bond motifs is 1. The van der Waals surface area contributed by atoms with Crippen LogP contribution in [0.4, 0.5) is 0 Å². The molecule has 0 spiro atoms. The van der Waals surface area contributed by atoms with E-state index in [0.29, 0.717) is 5.52 Å². The summed E-state index contributed by atoms with van der Waals surface area (Å²) >= 11 is 1.65. The fourth-order valence-electron chi connectivity index (χ4n) is 1.54. The molecule has 1 N–H and O–H groups in total. The van der Waals surface area contributed by atoms with Gasteiger partial charge in [-0.2, -0.15) is 0 Å². The molecule has 2 aromatic rings. The van der Waals surface area contributed by atoms with Gasteiger partial charge in [0, 0.05) is 10.1 Å². The van der Waals surface area contributed by atoms with Gasteiger partial charge >= 0.3 is 5.97 Å². The minimum Gasteiger partial charge on any atom is -0.478 e. The van der Waals surface area contributed by atoms with Crippen LogP contribution in [0.5, 0.6) is 0 Å². The van der Waals surface area contributed by atoms with Crippen LogP contribution in [0, 0.1) is 0 Å². The largest absolute Gasteiger partial charge is 0.478 e. The summed E-state index contributed by atoms with van der Waals surface area (Å²) in [6, 6.07) is 4.93. The van der Waals surface area contributed by atoms with E-state index in [1.807, 2.05) is 0 Å². The Labute approximate surface area is 109 Å². The first-order valence-electron chi connectivity index (χ1n) is 5.54. The molecule has 0 saturated carbocycles. The fourth-order valence-corrected chi connectivity index (χ4v) is 2.50. The lowest BCUT2D eigenvalue weighted by atomic mass is 10.1. The number of benzene rings is 1. The Kier molecular flexibility index (Phi) is 3.26. The predicted molar refractivity (Wildman–Crippen MR) is 72.1 cm³/mol. The number of carbonyl (C=O) groups is 1. The van der Waals surface area contributed by atoms with Gasteiger partial charge in [0.25, 0.3) is 0 Å². The molecule has 5 heteroatoms. The Morgan fingerprint density at radius 1 is 1.28 bits per heavy atom. The molecule has 2 rings (SSSR count). The zero-order valence-corrected chi connectivity index (χ0v) is 11.3. The number of thioether (sulfide) groups is 1. The van der Waals surface area contributed by atoms with Crippen LogP contribution in [0.3, 0.4) is 0 Å². The number of aromatic nitrogens is 2. The molecule has 1 heterocycles. The summed E-state index contributed by atoms with van der Waals surface area (Å²) in [6.45, 7) is 6.33. The van der Waals surface area contributed by atoms with Gasteiger partial charge in [-0.1, -0.05) is 32.5 Å². The average Bonchev–Trinajstić information content (AvgIpc) is 2.26. The molecule has 0 atom stereocenters. The molecule has 4 nitrogen and oxygen atoms in total. The second-order valence-corrected chi connectivity index (χ2v) is 6.75. The first-order valence-corrected chi connectivity index (χ1v) is 6.35. The summed E-state index contributed by atoms with van der Waals surface area (Å²) < 4.78 is 0.0484. The maximum Gasteiger partial charge on any atom is 0.335 e. The number of carboxylic acids is 1. The van der Waals surface area contributed by atoms with E-state index >= 15 is 0 Å². The molecular weight excluding hydrogens is 248 g/mol. The van der Waals surface area contributed by atoms with Crippen molar-refractivity contribution in [1.29, 1.82) is 0 Å². The lowest BCUT2D eigenvalue weighted by Gasteiger charge is -2.17. The Hall–Kier alpha value is -1.62. The predicted octanol–water partition coefficient (Wildman–Crippen LogP) is 3.22. The number of aromatic carboxylic acids is 1. The van der Waals surface area contributed by atoms with Crippen molar-refractivity contribution in [1.82, 2.24) is 9.97 Å². The van der Waals surface area contributed by atoms with Crippen LogP contribution in [-0.4, -0.2) is 25.8 Å². The normalized spacial score (nSPS) is 11.7. The van der Waals surface area contributed by atoms with E-state index < -0.39 is 5.97 Å². The Morgan fingerprint density at radius 3 is 2.61 bits per heavy atom. The van der Waals surface area contributed by atoms with Gasteiger partial charge in [0.15, 0.2) is 0 Å². The Bertz CT molecular complexity index is 605. The molecular formula is C13H14N2O2S. The molecule has 0 fully saturated rings. The zero-order valence-electron chi connectivity index (χ0n) is 10.5. The van der Waals surface area contributed by atoms with Gasteiger partial charge in [0.2, 0.25) is 0 Å². The van der Waals surface area contributed by atoms with Crippen molar-refractivity contribution in [2.75, 3.05) is 0 Å². The molecule has 94 valence electrons. The number of carboxylic acid groups (broad SMARTS) is 1. The smallest absolute Gasteiger partial charge is 0.335 e. The summed E-state index contributed by atoms with van der Waals surface area (Å²) in [5.74, 6) is -0.944. The number of hydrogen-bond donors (Lipinski definition) is 1. The van der Waals surface area contributed by atoms with Crippen LogP contribution in [0.15, 0.2) is 29.6 Å². The number of rotatable bonds is 2. The molecule has 0 bridgehead atoms. The van der Waals surface area contributed by atoms with Crippen molar-refractivity contribution < 1.29 is 9.90 Å². The van der Waals surface area contributed by atoms with Gasteiger partial charge in [0.1, 0.15) is 11.4 Å². The second kappa shape index (κ2) is 4.57. The van der Waals surface area contributed by atoms with E-state index in [2.05, 4.69) is 30.7 Å². The molecule has 0 aliphatic heterocycles. The molecule has 0 saturated heterocycles. The summed E-state index contributed by atoms with van der Waals surface area (Å²) in [5.41, 5.74) is 0.907. The minimum atomic E-state index is -0.944. The van der Waals surface area contributed by atoms with Crippen LogP contribution in [0.2, 0.25) is 0 Å². The molecule has 0 aliphatic rings. The van der Waals surface area contributed by atoms with Crippen molar-refractivity contribution in [3.8, 4) is 0 Å². The van der Waals surface area contributed by atoms with Crippen LogP contribution in [0.1, 0.15) is 31.1 Å². The van der Waals surface area contributed by atoms with Crippen molar-refractivity contribution >= 4 is 28.6 Å². The molecule has 0 unspecified atom stereocenters. The lowest BCUT2D eigenvalue weighted by molar-refractivity contribution is 0.0697. The van der Waals surface area contributed by atoms with Gasteiger partial charge < -0.3 is 5.11 Å². The Balaban J connectivity index is 2.54. The average molecular weight is 262 g/mol. The van der Waals surface area contributed by atoms with Crippen molar-refractivity contribution in [3.05, 3.63) is 30.1 Å². The summed E-state index contributed by atoms with van der Waals surface area (Å²) in [5, 5.41) is 10.7. The lowest BCUT2D eigenvalue weighted by Crippen LogP contribution is -2.07. The SMILES string of the molecule is CC(C)(C)Sc1ncnc2cc(C(=O)O)ccc12.